The lowest BCUT2D eigenvalue weighted by Crippen LogP contribution is -2.34. The number of rotatable bonds is 9. The molecule has 6 nitrogen and oxygen atoms in total. The maximum absolute atomic E-state index is 12.3. The smallest absolute Gasteiger partial charge is 0.311 e. The predicted octanol–water partition coefficient (Wildman–Crippen LogP) is 4.86. The van der Waals surface area contributed by atoms with Gasteiger partial charge in [0.05, 0.1) is 19.1 Å². The molecule has 0 aliphatic rings. The van der Waals surface area contributed by atoms with Crippen molar-refractivity contribution in [3.8, 4) is 11.5 Å². The zero-order valence-electron chi connectivity index (χ0n) is 20.4. The van der Waals surface area contributed by atoms with Gasteiger partial charge >= 0.3 is 5.97 Å². The summed E-state index contributed by atoms with van der Waals surface area (Å²) in [6.07, 6.45) is 0.739. The second kappa shape index (κ2) is 11.9. The van der Waals surface area contributed by atoms with E-state index in [1.165, 1.54) is 23.8 Å². The molecular formula is C26H35NO5S. The second-order valence-corrected chi connectivity index (χ2v) is 9.67. The number of phenolic OH excluding ortho intramolecular Hbond substituents is 1. The summed E-state index contributed by atoms with van der Waals surface area (Å²) in [6, 6.07) is 11.4. The highest BCUT2D eigenvalue weighted by Crippen LogP contribution is 2.26. The molecule has 2 rings (SSSR count). The summed E-state index contributed by atoms with van der Waals surface area (Å²) in [4.78, 5) is 12.3. The topological polar surface area (TPSA) is 77.0 Å². The van der Waals surface area contributed by atoms with Crippen molar-refractivity contribution in [2.45, 2.75) is 47.6 Å². The molecule has 0 saturated heterocycles. The normalized spacial score (nSPS) is 12.1. The molecular weight excluding hydrogens is 438 g/mol. The zero-order chi connectivity index (χ0) is 24.6. The quantitative estimate of drug-likeness (QED) is 0.398. The minimum absolute atomic E-state index is 0.0220. The molecule has 2 N–H and O–H groups in total. The number of methoxy groups -OCH3 is 1. The molecule has 2 aromatic rings. The molecule has 0 bridgehead atoms. The SMILES string of the molecule is COc1cc(COC(=S)NCC(COC(=O)C(C)(C)C)Cc2ccc(C)c(C)c2)ccc1O. The summed E-state index contributed by atoms with van der Waals surface area (Å²) in [6.45, 7) is 10.7. The van der Waals surface area contributed by atoms with E-state index in [1.807, 2.05) is 20.8 Å². The number of aryl methyl sites for hydroxylation is 2. The van der Waals surface area contributed by atoms with Crippen LogP contribution in [0.1, 0.15) is 43.0 Å². The highest BCUT2D eigenvalue weighted by molar-refractivity contribution is 7.80. The fourth-order valence-electron chi connectivity index (χ4n) is 3.10. The largest absolute Gasteiger partial charge is 0.504 e. The Bertz CT molecular complexity index is 968. The lowest BCUT2D eigenvalue weighted by Gasteiger charge is -2.22. The third-order valence-corrected chi connectivity index (χ3v) is 5.57. The van der Waals surface area contributed by atoms with Crippen molar-refractivity contribution in [2.75, 3.05) is 20.3 Å². The van der Waals surface area contributed by atoms with Crippen molar-refractivity contribution >= 4 is 23.4 Å². The van der Waals surface area contributed by atoms with Gasteiger partial charge in [0.15, 0.2) is 11.5 Å². The first-order chi connectivity index (χ1) is 15.5. The van der Waals surface area contributed by atoms with E-state index < -0.39 is 5.41 Å². The number of nitrogens with one attached hydrogen (secondary N) is 1. The molecule has 0 saturated carbocycles. The Morgan fingerprint density at radius 2 is 1.76 bits per heavy atom. The van der Waals surface area contributed by atoms with Crippen LogP contribution in [0.4, 0.5) is 0 Å². The Morgan fingerprint density at radius 1 is 1.06 bits per heavy atom. The van der Waals surface area contributed by atoms with Gasteiger partial charge in [-0.2, -0.15) is 0 Å². The van der Waals surface area contributed by atoms with Crippen LogP contribution in [-0.2, 0) is 27.3 Å². The molecule has 0 fully saturated rings. The van der Waals surface area contributed by atoms with Gasteiger partial charge in [-0.15, -0.1) is 0 Å². The summed E-state index contributed by atoms with van der Waals surface area (Å²) in [5, 5.41) is 13.1. The van der Waals surface area contributed by atoms with Crippen molar-refractivity contribution < 1.29 is 24.1 Å². The van der Waals surface area contributed by atoms with Crippen molar-refractivity contribution in [1.82, 2.24) is 5.32 Å². The maximum atomic E-state index is 12.3. The molecule has 0 amide bonds. The number of esters is 1. The molecule has 180 valence electrons. The number of benzene rings is 2. The van der Waals surface area contributed by atoms with Crippen LogP contribution in [-0.4, -0.2) is 36.5 Å². The van der Waals surface area contributed by atoms with E-state index in [-0.39, 0.29) is 36.0 Å². The van der Waals surface area contributed by atoms with Gasteiger partial charge in [0.2, 0.25) is 0 Å². The van der Waals surface area contributed by atoms with Crippen molar-refractivity contribution in [2.24, 2.45) is 11.3 Å². The predicted molar refractivity (Wildman–Crippen MR) is 134 cm³/mol. The first kappa shape index (κ1) is 26.5. The fourth-order valence-corrected chi connectivity index (χ4v) is 3.25. The van der Waals surface area contributed by atoms with E-state index >= 15 is 0 Å². The van der Waals surface area contributed by atoms with Crippen molar-refractivity contribution in [3.63, 3.8) is 0 Å². The molecule has 0 aliphatic heterocycles. The molecule has 0 heterocycles. The third-order valence-electron chi connectivity index (χ3n) is 5.31. The van der Waals surface area contributed by atoms with Gasteiger partial charge in [0.25, 0.3) is 5.17 Å². The minimum Gasteiger partial charge on any atom is -0.504 e. The van der Waals surface area contributed by atoms with E-state index in [2.05, 4.69) is 37.4 Å². The van der Waals surface area contributed by atoms with Crippen LogP contribution in [0.25, 0.3) is 0 Å². The van der Waals surface area contributed by atoms with Crippen LogP contribution in [0.5, 0.6) is 11.5 Å². The summed E-state index contributed by atoms with van der Waals surface area (Å²) >= 11 is 5.33. The number of ether oxygens (including phenoxy) is 3. The lowest BCUT2D eigenvalue weighted by atomic mass is 9.96. The van der Waals surface area contributed by atoms with Crippen LogP contribution < -0.4 is 10.1 Å². The van der Waals surface area contributed by atoms with Gasteiger partial charge in [-0.3, -0.25) is 4.79 Å². The van der Waals surface area contributed by atoms with Gasteiger partial charge < -0.3 is 24.6 Å². The van der Waals surface area contributed by atoms with E-state index in [4.69, 9.17) is 26.4 Å². The molecule has 0 aliphatic carbocycles. The molecule has 0 aromatic heterocycles. The van der Waals surface area contributed by atoms with Crippen LogP contribution in [0.2, 0.25) is 0 Å². The summed E-state index contributed by atoms with van der Waals surface area (Å²) in [5.74, 6) is 0.242. The first-order valence-corrected chi connectivity index (χ1v) is 11.4. The van der Waals surface area contributed by atoms with E-state index in [1.54, 1.807) is 18.2 Å². The Balaban J connectivity index is 1.96. The Hall–Kier alpha value is -2.80. The van der Waals surface area contributed by atoms with Crippen LogP contribution in [0.15, 0.2) is 36.4 Å². The molecule has 0 radical (unpaired) electrons. The Kier molecular flexibility index (Phi) is 9.53. The molecule has 7 heteroatoms. The van der Waals surface area contributed by atoms with E-state index in [0.717, 1.165) is 12.0 Å². The summed E-state index contributed by atoms with van der Waals surface area (Å²) in [7, 11) is 1.49. The Morgan fingerprint density at radius 3 is 2.39 bits per heavy atom. The van der Waals surface area contributed by atoms with Gasteiger partial charge in [0, 0.05) is 12.5 Å². The van der Waals surface area contributed by atoms with Crippen LogP contribution in [0.3, 0.4) is 0 Å². The van der Waals surface area contributed by atoms with Crippen LogP contribution >= 0.6 is 12.2 Å². The molecule has 0 spiro atoms. The van der Waals surface area contributed by atoms with E-state index in [0.29, 0.717) is 12.3 Å². The standard InChI is InChI=1S/C26H35NO5S/c1-17-7-8-19(11-18(17)2)12-21(16-31-24(29)26(3,4)5)14-27-25(33)32-15-20-9-10-22(28)23(13-20)30-6/h7-11,13,21,28H,12,14-16H2,1-6H3,(H,27,33). The average molecular weight is 474 g/mol. The Labute approximate surface area is 202 Å². The summed E-state index contributed by atoms with van der Waals surface area (Å²) in [5.41, 5.74) is 3.92. The van der Waals surface area contributed by atoms with E-state index in [9.17, 15) is 9.90 Å². The lowest BCUT2D eigenvalue weighted by molar-refractivity contribution is -0.154. The molecule has 33 heavy (non-hydrogen) atoms. The highest BCUT2D eigenvalue weighted by Gasteiger charge is 2.24. The van der Waals surface area contributed by atoms with Gasteiger partial charge in [0.1, 0.15) is 6.61 Å². The van der Waals surface area contributed by atoms with Gasteiger partial charge in [-0.25, -0.2) is 0 Å². The number of hydrogen-bond acceptors (Lipinski definition) is 6. The number of carbonyl (C=O) groups is 1. The third kappa shape index (κ3) is 8.57. The number of thiocarbonyl (C=S) groups is 1. The molecule has 1 unspecified atom stereocenters. The molecule has 1 atom stereocenters. The summed E-state index contributed by atoms with van der Waals surface area (Å²) < 4.78 is 16.4. The number of phenols is 1. The zero-order valence-corrected chi connectivity index (χ0v) is 21.2. The van der Waals surface area contributed by atoms with Crippen LogP contribution in [0, 0.1) is 25.2 Å². The van der Waals surface area contributed by atoms with Crippen molar-refractivity contribution in [1.29, 1.82) is 0 Å². The monoisotopic (exact) mass is 473 g/mol. The van der Waals surface area contributed by atoms with Crippen molar-refractivity contribution in [3.05, 3.63) is 58.7 Å². The fraction of sp³-hybridized carbons (Fsp3) is 0.462. The minimum atomic E-state index is -0.554. The van der Waals surface area contributed by atoms with Gasteiger partial charge in [-0.05, 0) is 87.6 Å². The van der Waals surface area contributed by atoms with Gasteiger partial charge in [-0.1, -0.05) is 24.3 Å². The molecule has 2 aromatic carbocycles. The first-order valence-electron chi connectivity index (χ1n) is 11.0. The maximum Gasteiger partial charge on any atom is 0.311 e. The second-order valence-electron chi connectivity index (χ2n) is 9.30. The number of hydrogen-bond donors (Lipinski definition) is 2. The number of carbonyl (C=O) groups excluding carboxylic acids is 1. The number of aromatic hydroxyl groups is 1. The highest BCUT2D eigenvalue weighted by atomic mass is 32.1. The average Bonchev–Trinajstić information content (AvgIpc) is 2.76.